The summed E-state index contributed by atoms with van der Waals surface area (Å²) in [5.74, 6) is -16.0. The average Bonchev–Trinajstić information content (AvgIpc) is 3.72. The van der Waals surface area contributed by atoms with Crippen molar-refractivity contribution in [2.24, 2.45) is 0 Å². The van der Waals surface area contributed by atoms with Crippen molar-refractivity contribution in [3.05, 3.63) is 80.5 Å². The maximum Gasteiger partial charge on any atom is 0.381 e. The van der Waals surface area contributed by atoms with E-state index in [4.69, 9.17) is 19.4 Å². The summed E-state index contributed by atoms with van der Waals surface area (Å²) in [7, 11) is 0. The first-order chi connectivity index (χ1) is 25.2. The van der Waals surface area contributed by atoms with Crippen LogP contribution in [0.2, 0.25) is 10.6 Å². The third-order valence-electron chi connectivity index (χ3n) is 12.9. The van der Waals surface area contributed by atoms with E-state index in [1.807, 2.05) is 79.7 Å². The van der Waals surface area contributed by atoms with Gasteiger partial charge in [0.1, 0.15) is 0 Å². The summed E-state index contributed by atoms with van der Waals surface area (Å²) in [6.07, 6.45) is 0. The highest BCUT2D eigenvalue weighted by atomic mass is 32.1. The van der Waals surface area contributed by atoms with Crippen LogP contribution in [0.15, 0.2) is 48.5 Å². The number of halogens is 6. The highest BCUT2D eigenvalue weighted by molar-refractivity contribution is 7.16. The fourth-order valence-corrected chi connectivity index (χ4v) is 10.3. The molecule has 0 N–H and O–H groups in total. The Kier molecular flexibility index (Phi) is 9.21. The number of hydrogen-bond donors (Lipinski definition) is 0. The lowest BCUT2D eigenvalue weighted by Gasteiger charge is -2.31. The Hall–Kier alpha value is -2.87. The first-order valence-corrected chi connectivity index (χ1v) is 19.8. The zero-order valence-corrected chi connectivity index (χ0v) is 34.6. The van der Waals surface area contributed by atoms with Gasteiger partial charge in [0.05, 0.1) is 11.2 Å². The molecule has 4 nitrogen and oxygen atoms in total. The molecule has 2 saturated heterocycles. The van der Waals surface area contributed by atoms with Crippen molar-refractivity contribution in [3.8, 4) is 20.9 Å². The van der Waals surface area contributed by atoms with Crippen molar-refractivity contribution in [2.45, 2.75) is 123 Å². The Morgan fingerprint density at radius 3 is 1.07 bits per heavy atom. The van der Waals surface area contributed by atoms with Crippen molar-refractivity contribution < 1.29 is 45.7 Å². The number of alkyl halides is 6. The molecule has 0 bridgehead atoms. The van der Waals surface area contributed by atoms with Crippen LogP contribution in [0.3, 0.4) is 0 Å². The van der Waals surface area contributed by atoms with Gasteiger partial charge in [-0.05, 0) is 88.6 Å². The predicted molar refractivity (Wildman–Crippen MR) is 211 cm³/mol. The topological polar surface area (TPSA) is 36.9 Å². The minimum absolute atomic E-state index is 0.225. The fourth-order valence-electron chi connectivity index (χ4n) is 7.97. The molecule has 1 aliphatic carbocycles. The summed E-state index contributed by atoms with van der Waals surface area (Å²) in [4.78, 5) is 24.1. The Morgan fingerprint density at radius 1 is 0.491 bits per heavy atom. The van der Waals surface area contributed by atoms with E-state index >= 15 is 26.3 Å². The second kappa shape index (κ2) is 12.6. The van der Waals surface area contributed by atoms with Crippen LogP contribution >= 0.6 is 22.7 Å². The number of aryl methyl sites for hydroxylation is 2. The van der Waals surface area contributed by atoms with Crippen molar-refractivity contribution >= 4 is 58.6 Å². The van der Waals surface area contributed by atoms with Crippen LogP contribution < -0.4 is 10.9 Å². The number of benzene rings is 2. The predicted octanol–water partition coefficient (Wildman–Crippen LogP) is 11.6. The van der Waals surface area contributed by atoms with E-state index in [0.29, 0.717) is 20.9 Å². The van der Waals surface area contributed by atoms with E-state index in [2.05, 4.69) is 0 Å². The number of thiophene rings is 2. The summed E-state index contributed by atoms with van der Waals surface area (Å²) in [6, 6.07) is 14.6. The van der Waals surface area contributed by atoms with Crippen LogP contribution in [-0.2, 0) is 19.4 Å². The lowest BCUT2D eigenvalue weighted by Crippen LogP contribution is -2.49. The lowest BCUT2D eigenvalue weighted by molar-refractivity contribution is -0.261. The Balaban J connectivity index is 1.33. The molecule has 0 saturated carbocycles. The summed E-state index contributed by atoms with van der Waals surface area (Å²) in [5, 5.41) is -0.777. The highest BCUT2D eigenvalue weighted by Gasteiger charge is 2.80. The molecule has 55 heavy (non-hydrogen) atoms. The second-order valence-corrected chi connectivity index (χ2v) is 19.7. The van der Waals surface area contributed by atoms with Crippen LogP contribution in [0.1, 0.15) is 87.4 Å². The molecule has 4 aromatic rings. The first kappa shape index (κ1) is 40.3. The van der Waals surface area contributed by atoms with Gasteiger partial charge >= 0.3 is 31.6 Å². The molecule has 7 rings (SSSR count). The van der Waals surface area contributed by atoms with E-state index < -0.39 is 40.1 Å². The molecule has 2 aliphatic heterocycles. The van der Waals surface area contributed by atoms with Gasteiger partial charge in [0, 0.05) is 52.4 Å². The zero-order chi connectivity index (χ0) is 40.6. The molecule has 0 atom stereocenters. The van der Waals surface area contributed by atoms with Crippen LogP contribution in [0.4, 0.5) is 26.3 Å². The molecule has 0 spiro atoms. The van der Waals surface area contributed by atoms with Crippen molar-refractivity contribution in [2.75, 3.05) is 0 Å². The van der Waals surface area contributed by atoms with E-state index in [9.17, 15) is 0 Å². The third-order valence-corrected chi connectivity index (χ3v) is 15.4. The normalized spacial score (nSPS) is 22.9. The molecule has 14 heteroatoms. The molecular formula is C41H44B2F6O4S2. The van der Waals surface area contributed by atoms with E-state index in [1.54, 1.807) is 24.3 Å². The Labute approximate surface area is 327 Å². The third kappa shape index (κ3) is 5.55. The van der Waals surface area contributed by atoms with Gasteiger partial charge in [0.25, 0.3) is 0 Å². The molecule has 0 radical (unpaired) electrons. The van der Waals surface area contributed by atoms with Gasteiger partial charge in [-0.1, -0.05) is 76.2 Å². The second-order valence-electron chi connectivity index (χ2n) is 17.3. The van der Waals surface area contributed by atoms with Gasteiger partial charge in [0.2, 0.25) is 0 Å². The maximum atomic E-state index is 16.2. The van der Waals surface area contributed by atoms with Crippen LogP contribution in [-0.4, -0.2) is 42.8 Å². The number of allylic oxidation sites excluding steroid dienone is 2. The molecule has 2 aromatic carbocycles. The minimum Gasteiger partial charge on any atom is -0.297 e. The minimum atomic E-state index is -5.68. The van der Waals surface area contributed by atoms with Crippen LogP contribution in [0, 0.1) is 27.7 Å². The van der Waals surface area contributed by atoms with Crippen LogP contribution in [0.5, 0.6) is 0 Å². The van der Waals surface area contributed by atoms with Crippen molar-refractivity contribution in [1.82, 2.24) is 0 Å². The van der Waals surface area contributed by atoms with E-state index in [1.165, 1.54) is 27.7 Å². The highest BCUT2D eigenvalue weighted by Crippen LogP contribution is 2.67. The standard InChI is InChI=1S/C41H44B2F6O4S2/c1-21-29(23(3)54-33(21)25-13-17-27(18-14-25)42-35(5,6)37(9,10)50-52-42)31-32(40(46,47)41(48,49)39(31,44)45)30-22(2)34(55-24(30)4)26-15-19-28(20-16-26)43-36(7,8)38(11,12)51-53-43/h13-20H,1-12H3. The van der Waals surface area contributed by atoms with Crippen LogP contribution in [0.25, 0.3) is 32.0 Å². The molecule has 4 heterocycles. The van der Waals surface area contributed by atoms with Gasteiger partial charge in [-0.25, -0.2) is 9.78 Å². The van der Waals surface area contributed by atoms with E-state index in [-0.39, 0.29) is 56.5 Å². The summed E-state index contributed by atoms with van der Waals surface area (Å²) < 4.78 is 96.0. The lowest BCUT2D eigenvalue weighted by atomic mass is 9.40. The van der Waals surface area contributed by atoms with Gasteiger partial charge in [-0.2, -0.15) is 26.3 Å². The van der Waals surface area contributed by atoms with Gasteiger partial charge < -0.3 is 0 Å². The molecule has 0 amide bonds. The Morgan fingerprint density at radius 2 is 0.800 bits per heavy atom. The molecule has 0 unspecified atom stereocenters. The monoisotopic (exact) mass is 800 g/mol. The number of hydrogen-bond acceptors (Lipinski definition) is 6. The quantitative estimate of drug-likeness (QED) is 0.111. The Bertz CT molecular complexity index is 2070. The fraction of sp³-hybridized carbons (Fsp3) is 0.463. The van der Waals surface area contributed by atoms with Crippen molar-refractivity contribution in [1.29, 1.82) is 0 Å². The zero-order valence-electron chi connectivity index (χ0n) is 33.0. The first-order valence-electron chi connectivity index (χ1n) is 18.2. The molecule has 2 aromatic heterocycles. The average molecular weight is 801 g/mol. The summed E-state index contributed by atoms with van der Waals surface area (Å²) in [6.45, 7) is 21.2. The van der Waals surface area contributed by atoms with E-state index in [0.717, 1.165) is 33.6 Å². The van der Waals surface area contributed by atoms with Gasteiger partial charge in [0.15, 0.2) is 0 Å². The molecule has 292 valence electrons. The molecular weight excluding hydrogens is 756 g/mol. The SMILES string of the molecule is Cc1sc(-c2ccc(B3OOC(C)(C)C3(C)C)cc2)c(C)c1C1=C(c2c(C)sc(-c3ccc(B4OOC(C)(C)C4(C)C)cc3)c2C)C(F)(F)C(F)(F)C1(F)F. The largest absolute Gasteiger partial charge is 0.381 e. The maximum absolute atomic E-state index is 16.2. The van der Waals surface area contributed by atoms with Gasteiger partial charge in [-0.15, -0.1) is 22.7 Å². The summed E-state index contributed by atoms with van der Waals surface area (Å²) in [5.41, 5.74) is -0.956. The van der Waals surface area contributed by atoms with Gasteiger partial charge in [-0.3, -0.25) is 9.61 Å². The number of rotatable bonds is 6. The van der Waals surface area contributed by atoms with Crippen molar-refractivity contribution in [3.63, 3.8) is 0 Å². The summed E-state index contributed by atoms with van der Waals surface area (Å²) >= 11 is 2.22. The smallest absolute Gasteiger partial charge is 0.297 e. The molecule has 2 fully saturated rings. The molecule has 3 aliphatic rings.